The third-order valence-electron chi connectivity index (χ3n) is 5.47. The standard InChI is InChI=1S/C22H25N5O2/c1-25-19-18(20(28)26(2)22(25)29)27(15-17-11-7-4-8-12-17)21(24-19)23-14-13-16-9-5-3-6-10-16/h3-12,18-19H,13-15H2,1-2H3,(H,23,24). The number of guanidine groups is 1. The maximum Gasteiger partial charge on any atom is 0.327 e. The molecular formula is C22H25N5O2. The Balaban J connectivity index is 1.60. The molecular weight excluding hydrogens is 366 g/mol. The number of likely N-dealkylation sites (N-methyl/N-ethyl adjacent to an activating group) is 2. The van der Waals surface area contributed by atoms with Crippen LogP contribution in [0.2, 0.25) is 0 Å². The predicted molar refractivity (Wildman–Crippen MR) is 111 cm³/mol. The van der Waals surface area contributed by atoms with Gasteiger partial charge in [0.25, 0.3) is 5.91 Å². The molecule has 2 unspecified atom stereocenters. The van der Waals surface area contributed by atoms with Crippen molar-refractivity contribution in [1.29, 1.82) is 0 Å². The molecule has 0 aromatic heterocycles. The minimum Gasteiger partial charge on any atom is -0.333 e. The van der Waals surface area contributed by atoms with E-state index in [1.54, 1.807) is 11.9 Å². The van der Waals surface area contributed by atoms with Crippen LogP contribution >= 0.6 is 0 Å². The first-order chi connectivity index (χ1) is 14.1. The predicted octanol–water partition coefficient (Wildman–Crippen LogP) is 1.91. The van der Waals surface area contributed by atoms with Crippen LogP contribution in [0.3, 0.4) is 0 Å². The van der Waals surface area contributed by atoms with Crippen LogP contribution in [0.15, 0.2) is 65.7 Å². The van der Waals surface area contributed by atoms with E-state index in [4.69, 9.17) is 4.99 Å². The smallest absolute Gasteiger partial charge is 0.327 e. The van der Waals surface area contributed by atoms with E-state index in [-0.39, 0.29) is 11.9 Å². The van der Waals surface area contributed by atoms with Crippen LogP contribution in [0.1, 0.15) is 11.1 Å². The quantitative estimate of drug-likeness (QED) is 0.846. The summed E-state index contributed by atoms with van der Waals surface area (Å²) in [5.41, 5.74) is 2.30. The normalized spacial score (nSPS) is 22.8. The van der Waals surface area contributed by atoms with E-state index in [1.165, 1.54) is 17.5 Å². The monoisotopic (exact) mass is 391 g/mol. The average molecular weight is 391 g/mol. The van der Waals surface area contributed by atoms with Gasteiger partial charge in [0, 0.05) is 27.2 Å². The van der Waals surface area contributed by atoms with Crippen LogP contribution in [0.4, 0.5) is 4.79 Å². The SMILES string of the molecule is CN1C(=O)C2C(NC(=NCCc3ccccc3)N2Cc2ccccc2)N(C)C1=O. The lowest BCUT2D eigenvalue weighted by Crippen LogP contribution is -2.65. The fourth-order valence-corrected chi connectivity index (χ4v) is 3.85. The molecule has 7 heteroatoms. The molecule has 7 nitrogen and oxygen atoms in total. The van der Waals surface area contributed by atoms with E-state index in [0.29, 0.717) is 19.0 Å². The molecule has 2 fully saturated rings. The van der Waals surface area contributed by atoms with E-state index in [2.05, 4.69) is 17.4 Å². The summed E-state index contributed by atoms with van der Waals surface area (Å²) in [4.78, 5) is 34.8. The first-order valence-corrected chi connectivity index (χ1v) is 9.76. The minimum atomic E-state index is -0.501. The fourth-order valence-electron chi connectivity index (χ4n) is 3.85. The largest absolute Gasteiger partial charge is 0.333 e. The second-order valence-electron chi connectivity index (χ2n) is 7.38. The molecule has 2 aliphatic rings. The Morgan fingerprint density at radius 3 is 2.21 bits per heavy atom. The average Bonchev–Trinajstić information content (AvgIpc) is 3.10. The molecule has 0 bridgehead atoms. The van der Waals surface area contributed by atoms with Crippen LogP contribution in [0, 0.1) is 0 Å². The lowest BCUT2D eigenvalue weighted by atomic mass is 10.1. The van der Waals surface area contributed by atoms with Gasteiger partial charge in [0.1, 0.15) is 6.17 Å². The first-order valence-electron chi connectivity index (χ1n) is 9.76. The van der Waals surface area contributed by atoms with Crippen molar-refractivity contribution >= 4 is 17.9 Å². The van der Waals surface area contributed by atoms with Gasteiger partial charge in [0.15, 0.2) is 12.0 Å². The molecule has 1 N–H and O–H groups in total. The van der Waals surface area contributed by atoms with Crippen LogP contribution in [0.5, 0.6) is 0 Å². The van der Waals surface area contributed by atoms with Crippen molar-refractivity contribution in [2.45, 2.75) is 25.2 Å². The molecule has 0 saturated carbocycles. The van der Waals surface area contributed by atoms with Gasteiger partial charge in [-0.25, -0.2) is 4.79 Å². The van der Waals surface area contributed by atoms with Crippen molar-refractivity contribution in [3.8, 4) is 0 Å². The number of nitrogens with zero attached hydrogens (tertiary/aromatic N) is 4. The zero-order chi connectivity index (χ0) is 20.4. The number of rotatable bonds is 5. The third-order valence-corrected chi connectivity index (χ3v) is 5.47. The number of fused-ring (bicyclic) bond motifs is 1. The molecule has 0 spiro atoms. The number of benzene rings is 2. The highest BCUT2D eigenvalue weighted by Gasteiger charge is 2.51. The summed E-state index contributed by atoms with van der Waals surface area (Å²) >= 11 is 0. The Kier molecular flexibility index (Phi) is 5.20. The molecule has 0 aliphatic carbocycles. The lowest BCUT2D eigenvalue weighted by molar-refractivity contribution is -0.136. The zero-order valence-electron chi connectivity index (χ0n) is 16.7. The third kappa shape index (κ3) is 3.68. The summed E-state index contributed by atoms with van der Waals surface area (Å²) in [7, 11) is 3.24. The molecule has 2 aromatic carbocycles. The molecule has 2 heterocycles. The summed E-state index contributed by atoms with van der Waals surface area (Å²) in [5, 5.41) is 3.31. The van der Waals surface area contributed by atoms with Crippen molar-refractivity contribution in [2.24, 2.45) is 4.99 Å². The molecule has 29 heavy (non-hydrogen) atoms. The number of amides is 3. The van der Waals surface area contributed by atoms with E-state index in [9.17, 15) is 9.59 Å². The molecule has 4 rings (SSSR count). The number of carbonyl (C=O) groups is 2. The Morgan fingerprint density at radius 2 is 1.55 bits per heavy atom. The number of aliphatic imine (C=N–C) groups is 1. The van der Waals surface area contributed by atoms with E-state index >= 15 is 0 Å². The maximum absolute atomic E-state index is 12.9. The van der Waals surface area contributed by atoms with Crippen molar-refractivity contribution in [1.82, 2.24) is 20.0 Å². The fraction of sp³-hybridized carbons (Fsp3) is 0.318. The number of hydrogen-bond acceptors (Lipinski definition) is 3. The van der Waals surface area contributed by atoms with E-state index in [0.717, 1.165) is 12.0 Å². The second kappa shape index (κ2) is 7.95. The van der Waals surface area contributed by atoms with Crippen LogP contribution in [0.25, 0.3) is 0 Å². The van der Waals surface area contributed by atoms with Crippen LogP contribution in [-0.4, -0.2) is 65.4 Å². The topological polar surface area (TPSA) is 68.2 Å². The number of imide groups is 1. The van der Waals surface area contributed by atoms with E-state index < -0.39 is 12.2 Å². The molecule has 0 radical (unpaired) electrons. The van der Waals surface area contributed by atoms with Crippen LogP contribution in [-0.2, 0) is 17.8 Å². The number of carbonyl (C=O) groups excluding carboxylic acids is 2. The van der Waals surface area contributed by atoms with Gasteiger partial charge < -0.3 is 15.1 Å². The Hall–Kier alpha value is -3.35. The van der Waals surface area contributed by atoms with Crippen molar-refractivity contribution in [3.05, 3.63) is 71.8 Å². The molecule has 150 valence electrons. The summed E-state index contributed by atoms with van der Waals surface area (Å²) < 4.78 is 0. The molecule has 2 aliphatic heterocycles. The summed E-state index contributed by atoms with van der Waals surface area (Å²) in [6, 6.07) is 19.4. The van der Waals surface area contributed by atoms with Gasteiger partial charge in [-0.15, -0.1) is 0 Å². The molecule has 3 amide bonds. The highest BCUT2D eigenvalue weighted by molar-refractivity contribution is 6.04. The molecule has 2 atom stereocenters. The summed E-state index contributed by atoms with van der Waals surface area (Å²) in [5.74, 6) is 0.442. The molecule has 2 aromatic rings. The highest BCUT2D eigenvalue weighted by atomic mass is 16.2. The van der Waals surface area contributed by atoms with Gasteiger partial charge in [-0.05, 0) is 17.5 Å². The Bertz CT molecular complexity index is 915. The van der Waals surface area contributed by atoms with Gasteiger partial charge in [0.2, 0.25) is 0 Å². The number of hydrogen-bond donors (Lipinski definition) is 1. The van der Waals surface area contributed by atoms with E-state index in [1.807, 2.05) is 53.4 Å². The summed E-state index contributed by atoms with van der Waals surface area (Å²) in [6.07, 6.45) is 0.383. The van der Waals surface area contributed by atoms with Gasteiger partial charge in [0.05, 0.1) is 0 Å². The minimum absolute atomic E-state index is 0.213. The van der Waals surface area contributed by atoms with Gasteiger partial charge in [-0.1, -0.05) is 60.7 Å². The second-order valence-corrected chi connectivity index (χ2v) is 7.38. The highest BCUT2D eigenvalue weighted by Crippen LogP contribution is 2.25. The Labute approximate surface area is 170 Å². The first kappa shape index (κ1) is 19.0. The zero-order valence-corrected chi connectivity index (χ0v) is 16.7. The number of urea groups is 1. The molecule has 2 saturated heterocycles. The van der Waals surface area contributed by atoms with Crippen LogP contribution < -0.4 is 5.32 Å². The van der Waals surface area contributed by atoms with Gasteiger partial charge in [-0.2, -0.15) is 0 Å². The number of nitrogens with one attached hydrogen (secondary N) is 1. The van der Waals surface area contributed by atoms with Crippen molar-refractivity contribution in [2.75, 3.05) is 20.6 Å². The lowest BCUT2D eigenvalue weighted by Gasteiger charge is -2.39. The Morgan fingerprint density at radius 1 is 0.931 bits per heavy atom. The van der Waals surface area contributed by atoms with Crippen molar-refractivity contribution in [3.63, 3.8) is 0 Å². The summed E-state index contributed by atoms with van der Waals surface area (Å²) in [6.45, 7) is 1.14. The van der Waals surface area contributed by atoms with Gasteiger partial charge >= 0.3 is 6.03 Å². The van der Waals surface area contributed by atoms with Crippen molar-refractivity contribution < 1.29 is 9.59 Å². The maximum atomic E-state index is 12.9. The van der Waals surface area contributed by atoms with Gasteiger partial charge in [-0.3, -0.25) is 14.7 Å².